The quantitative estimate of drug-likeness (QED) is 0.744. The Labute approximate surface area is 117 Å². The first kappa shape index (κ1) is 13.5. The number of hydrogen-bond acceptors (Lipinski definition) is 3. The summed E-state index contributed by atoms with van der Waals surface area (Å²) < 4.78 is 46.3. The number of benzene rings is 1. The summed E-state index contributed by atoms with van der Waals surface area (Å²) in [6.07, 6.45) is -4.45. The van der Waals surface area contributed by atoms with Crippen molar-refractivity contribution >= 4 is 16.8 Å². The van der Waals surface area contributed by atoms with Gasteiger partial charge in [0.2, 0.25) is 5.88 Å². The topological polar surface area (TPSA) is 57.0 Å². The summed E-state index contributed by atoms with van der Waals surface area (Å²) in [4.78, 5) is 0. The van der Waals surface area contributed by atoms with E-state index in [0.717, 1.165) is 6.07 Å². The molecule has 0 bridgehead atoms. The van der Waals surface area contributed by atoms with Gasteiger partial charge in [0, 0.05) is 35.3 Å². The molecule has 0 unspecified atom stereocenters. The second-order valence-electron chi connectivity index (χ2n) is 4.83. The van der Waals surface area contributed by atoms with E-state index in [1.165, 1.54) is 12.1 Å². The fraction of sp³-hybridized carbons (Fsp3) is 0.214. The van der Waals surface area contributed by atoms with Crippen LogP contribution in [-0.4, -0.2) is 9.72 Å². The third kappa shape index (κ3) is 1.96. The number of nitrogens with two attached hydrogens (primary N) is 1. The SMILES string of the molecule is Cc1c(-c2cc(N)on2)c2c(C(F)(F)F)cccc2n1C. The summed E-state index contributed by atoms with van der Waals surface area (Å²) >= 11 is 0. The van der Waals surface area contributed by atoms with Crippen molar-refractivity contribution in [3.05, 3.63) is 35.5 Å². The minimum atomic E-state index is -4.45. The number of aryl methyl sites for hydroxylation is 1. The van der Waals surface area contributed by atoms with E-state index in [-0.39, 0.29) is 11.3 Å². The van der Waals surface area contributed by atoms with E-state index in [0.29, 0.717) is 22.5 Å². The number of halogens is 3. The predicted molar refractivity (Wildman–Crippen MR) is 72.6 cm³/mol. The van der Waals surface area contributed by atoms with Crippen molar-refractivity contribution in [2.75, 3.05) is 5.73 Å². The fourth-order valence-electron chi connectivity index (χ4n) is 2.57. The number of alkyl halides is 3. The van der Waals surface area contributed by atoms with Gasteiger partial charge >= 0.3 is 6.18 Å². The van der Waals surface area contributed by atoms with Crippen LogP contribution in [0.3, 0.4) is 0 Å². The van der Waals surface area contributed by atoms with Crippen molar-refractivity contribution in [2.24, 2.45) is 7.05 Å². The maximum atomic E-state index is 13.3. The van der Waals surface area contributed by atoms with Crippen LogP contribution < -0.4 is 5.73 Å². The van der Waals surface area contributed by atoms with Crippen molar-refractivity contribution in [1.82, 2.24) is 9.72 Å². The van der Waals surface area contributed by atoms with Crippen LogP contribution in [0.1, 0.15) is 11.3 Å². The van der Waals surface area contributed by atoms with Crippen LogP contribution in [0.5, 0.6) is 0 Å². The summed E-state index contributed by atoms with van der Waals surface area (Å²) in [6.45, 7) is 1.74. The maximum absolute atomic E-state index is 13.3. The lowest BCUT2D eigenvalue weighted by Gasteiger charge is -2.09. The summed E-state index contributed by atoms with van der Waals surface area (Å²) in [6, 6.07) is 5.53. The van der Waals surface area contributed by atoms with E-state index < -0.39 is 11.7 Å². The molecule has 0 atom stereocenters. The first-order valence-electron chi connectivity index (χ1n) is 6.18. The van der Waals surface area contributed by atoms with Crippen LogP contribution in [0, 0.1) is 6.92 Å². The lowest BCUT2D eigenvalue weighted by Crippen LogP contribution is -2.05. The van der Waals surface area contributed by atoms with Gasteiger partial charge < -0.3 is 14.8 Å². The molecule has 0 saturated heterocycles. The highest BCUT2D eigenvalue weighted by atomic mass is 19.4. The van der Waals surface area contributed by atoms with E-state index in [9.17, 15) is 13.2 Å². The molecule has 0 aliphatic heterocycles. The third-order valence-electron chi connectivity index (χ3n) is 3.61. The zero-order valence-electron chi connectivity index (χ0n) is 11.3. The molecule has 0 aliphatic carbocycles. The number of anilines is 1. The Bertz CT molecular complexity index is 830. The molecule has 0 saturated carbocycles. The molecule has 0 fully saturated rings. The first-order valence-corrected chi connectivity index (χ1v) is 6.18. The van der Waals surface area contributed by atoms with Crippen molar-refractivity contribution in [3.8, 4) is 11.3 Å². The molecule has 0 radical (unpaired) electrons. The standard InChI is InChI=1S/C14H12F3N3O/c1-7-12(9-6-11(18)21-19-9)13-8(14(15,16)17)4-3-5-10(13)20(7)2/h3-6H,18H2,1-2H3. The normalized spacial score (nSPS) is 12.2. The van der Waals surface area contributed by atoms with E-state index in [1.807, 2.05) is 0 Å². The number of aromatic nitrogens is 2. The highest BCUT2D eigenvalue weighted by Gasteiger charge is 2.35. The smallest absolute Gasteiger partial charge is 0.368 e. The van der Waals surface area contributed by atoms with Crippen molar-refractivity contribution in [1.29, 1.82) is 0 Å². The zero-order valence-corrected chi connectivity index (χ0v) is 11.3. The Hall–Kier alpha value is -2.44. The van der Waals surface area contributed by atoms with Crippen LogP contribution in [0.4, 0.5) is 19.1 Å². The summed E-state index contributed by atoms with van der Waals surface area (Å²) in [5.41, 5.74) is 6.62. The molecule has 0 spiro atoms. The molecule has 1 aromatic carbocycles. The second kappa shape index (κ2) is 4.28. The van der Waals surface area contributed by atoms with E-state index in [2.05, 4.69) is 5.16 Å². The molecular formula is C14H12F3N3O. The molecule has 3 aromatic rings. The number of rotatable bonds is 1. The highest BCUT2D eigenvalue weighted by molar-refractivity contribution is 6.00. The van der Waals surface area contributed by atoms with Gasteiger partial charge in [-0.3, -0.25) is 0 Å². The Morgan fingerprint density at radius 2 is 2.00 bits per heavy atom. The second-order valence-corrected chi connectivity index (χ2v) is 4.83. The molecule has 7 heteroatoms. The van der Waals surface area contributed by atoms with Gasteiger partial charge in [0.1, 0.15) is 5.69 Å². The van der Waals surface area contributed by atoms with Gasteiger partial charge in [-0.05, 0) is 19.1 Å². The first-order chi connectivity index (χ1) is 9.80. The van der Waals surface area contributed by atoms with Crippen LogP contribution >= 0.6 is 0 Å². The van der Waals surface area contributed by atoms with Crippen LogP contribution in [0.15, 0.2) is 28.8 Å². The van der Waals surface area contributed by atoms with Gasteiger partial charge in [0.15, 0.2) is 0 Å². The average Bonchev–Trinajstić information content (AvgIpc) is 2.92. The van der Waals surface area contributed by atoms with Gasteiger partial charge in [-0.15, -0.1) is 0 Å². The zero-order chi connectivity index (χ0) is 15.4. The Balaban J connectivity index is 2.46. The maximum Gasteiger partial charge on any atom is 0.417 e. The van der Waals surface area contributed by atoms with E-state index >= 15 is 0 Å². The summed E-state index contributed by atoms with van der Waals surface area (Å²) in [7, 11) is 1.71. The molecule has 2 aromatic heterocycles. The number of nitrogens with zero attached hydrogens (tertiary/aromatic N) is 2. The van der Waals surface area contributed by atoms with Gasteiger partial charge in [-0.2, -0.15) is 13.2 Å². The minimum Gasteiger partial charge on any atom is -0.368 e. The molecule has 2 N–H and O–H groups in total. The van der Waals surface area contributed by atoms with Gasteiger partial charge in [0.25, 0.3) is 0 Å². The highest BCUT2D eigenvalue weighted by Crippen LogP contribution is 2.42. The van der Waals surface area contributed by atoms with Crippen LogP contribution in [-0.2, 0) is 13.2 Å². The third-order valence-corrected chi connectivity index (χ3v) is 3.61. The van der Waals surface area contributed by atoms with E-state index in [4.69, 9.17) is 10.3 Å². The summed E-state index contributed by atoms with van der Waals surface area (Å²) in [5, 5.41) is 3.86. The van der Waals surface area contributed by atoms with Crippen molar-refractivity contribution in [3.63, 3.8) is 0 Å². The Kier molecular flexibility index (Phi) is 2.76. The van der Waals surface area contributed by atoms with Crippen molar-refractivity contribution in [2.45, 2.75) is 13.1 Å². The number of hydrogen-bond donors (Lipinski definition) is 1. The van der Waals surface area contributed by atoms with Crippen molar-refractivity contribution < 1.29 is 17.7 Å². The molecule has 0 aliphatic rings. The summed E-state index contributed by atoms with van der Waals surface area (Å²) in [5.74, 6) is 0.0610. The number of nitrogen functional groups attached to an aromatic ring is 1. The Morgan fingerprint density at radius 1 is 1.29 bits per heavy atom. The lowest BCUT2D eigenvalue weighted by molar-refractivity contribution is -0.136. The molecule has 2 heterocycles. The number of fused-ring (bicyclic) bond motifs is 1. The fourth-order valence-corrected chi connectivity index (χ4v) is 2.57. The molecule has 4 nitrogen and oxygen atoms in total. The molecule has 3 rings (SSSR count). The van der Waals surface area contributed by atoms with Gasteiger partial charge in [0.05, 0.1) is 5.56 Å². The van der Waals surface area contributed by atoms with E-state index in [1.54, 1.807) is 24.6 Å². The largest absolute Gasteiger partial charge is 0.417 e. The van der Waals surface area contributed by atoms with Gasteiger partial charge in [-0.25, -0.2) is 0 Å². The van der Waals surface area contributed by atoms with Crippen LogP contribution in [0.25, 0.3) is 22.2 Å². The minimum absolute atomic E-state index is 0.0610. The average molecular weight is 295 g/mol. The predicted octanol–water partition coefficient (Wildman–Crippen LogP) is 3.74. The molecule has 0 amide bonds. The molecule has 110 valence electrons. The van der Waals surface area contributed by atoms with Gasteiger partial charge in [-0.1, -0.05) is 11.2 Å². The monoisotopic (exact) mass is 295 g/mol. The Morgan fingerprint density at radius 3 is 2.57 bits per heavy atom. The molecule has 21 heavy (non-hydrogen) atoms. The molecular weight excluding hydrogens is 283 g/mol. The lowest BCUT2D eigenvalue weighted by atomic mass is 10.0. The van der Waals surface area contributed by atoms with Crippen LogP contribution in [0.2, 0.25) is 0 Å².